The average molecular weight is 435 g/mol. The van der Waals surface area contributed by atoms with Gasteiger partial charge in [0.1, 0.15) is 17.2 Å². The van der Waals surface area contributed by atoms with Crippen LogP contribution in [0.2, 0.25) is 0 Å². The van der Waals surface area contributed by atoms with Crippen LogP contribution in [0.25, 0.3) is 0 Å². The highest BCUT2D eigenvalue weighted by Gasteiger charge is 2.27. The van der Waals surface area contributed by atoms with Crippen molar-refractivity contribution in [2.45, 2.75) is 30.8 Å². The Kier molecular flexibility index (Phi) is 6.84. The molecule has 0 aromatic heterocycles. The zero-order valence-corrected chi connectivity index (χ0v) is 18.1. The molecule has 1 saturated heterocycles. The fraction of sp³-hybridized carbons (Fsp3) is 0.381. The van der Waals surface area contributed by atoms with Crippen LogP contribution in [0.5, 0.6) is 17.2 Å². The van der Waals surface area contributed by atoms with Gasteiger partial charge in [0.2, 0.25) is 10.0 Å². The van der Waals surface area contributed by atoms with Crippen molar-refractivity contribution in [3.63, 3.8) is 0 Å². The summed E-state index contributed by atoms with van der Waals surface area (Å²) in [6.07, 6.45) is 0.962. The molecule has 0 saturated carbocycles. The Hall–Kier alpha value is -2.78. The largest absolute Gasteiger partial charge is 0.496 e. The molecule has 0 unspecified atom stereocenters. The molecular formula is C21H26N2O6S. The van der Waals surface area contributed by atoms with Crippen LogP contribution in [-0.2, 0) is 14.8 Å². The minimum atomic E-state index is -3.48. The van der Waals surface area contributed by atoms with Crippen molar-refractivity contribution in [3.8, 4) is 17.2 Å². The van der Waals surface area contributed by atoms with Crippen molar-refractivity contribution >= 4 is 21.6 Å². The number of amides is 1. The van der Waals surface area contributed by atoms with Gasteiger partial charge in [-0.05, 0) is 44.0 Å². The second-order valence-corrected chi connectivity index (χ2v) is 8.87. The predicted octanol–water partition coefficient (Wildman–Crippen LogP) is 2.89. The summed E-state index contributed by atoms with van der Waals surface area (Å²) in [5.74, 6) is 1.16. The number of nitrogens with zero attached hydrogens (tertiary/aromatic N) is 1. The quantitative estimate of drug-likeness (QED) is 0.687. The zero-order chi connectivity index (χ0) is 21.7. The smallest absolute Gasteiger partial charge is 0.265 e. The number of hydrogen-bond acceptors (Lipinski definition) is 6. The van der Waals surface area contributed by atoms with E-state index in [0.29, 0.717) is 36.0 Å². The standard InChI is InChI=1S/C21H26N2O6S/c1-15(29-19-13-17(27-2)12-18(14-19)28-3)21(24)22-16-6-8-20(9-7-16)30(25,26)23-10-4-5-11-23/h6-9,12-15H,4-5,10-11H2,1-3H3,(H,22,24)/t15-/m0/s1. The molecule has 1 atom stereocenters. The van der Waals surface area contributed by atoms with Gasteiger partial charge in [-0.3, -0.25) is 4.79 Å². The lowest BCUT2D eigenvalue weighted by Crippen LogP contribution is -2.30. The third-order valence-corrected chi connectivity index (χ3v) is 6.74. The van der Waals surface area contributed by atoms with E-state index in [1.807, 2.05) is 0 Å². The van der Waals surface area contributed by atoms with E-state index < -0.39 is 16.1 Å². The molecule has 0 bridgehead atoms. The van der Waals surface area contributed by atoms with Crippen molar-refractivity contribution in [2.24, 2.45) is 0 Å². The molecule has 2 aromatic carbocycles. The van der Waals surface area contributed by atoms with Crippen LogP contribution in [-0.4, -0.2) is 52.0 Å². The van der Waals surface area contributed by atoms with Gasteiger partial charge in [-0.25, -0.2) is 8.42 Å². The molecule has 1 aliphatic rings. The van der Waals surface area contributed by atoms with Crippen LogP contribution < -0.4 is 19.5 Å². The first kappa shape index (κ1) is 21.9. The Labute approximate surface area is 176 Å². The van der Waals surface area contributed by atoms with Gasteiger partial charge in [-0.15, -0.1) is 0 Å². The average Bonchev–Trinajstić information content (AvgIpc) is 3.29. The molecule has 1 fully saturated rings. The third kappa shape index (κ3) is 5.03. The Morgan fingerprint density at radius 3 is 2.03 bits per heavy atom. The molecular weight excluding hydrogens is 408 g/mol. The Bertz CT molecular complexity index is 963. The van der Waals surface area contributed by atoms with Gasteiger partial charge in [-0.2, -0.15) is 4.31 Å². The number of nitrogens with one attached hydrogen (secondary N) is 1. The van der Waals surface area contributed by atoms with Crippen molar-refractivity contribution in [2.75, 3.05) is 32.6 Å². The zero-order valence-electron chi connectivity index (χ0n) is 17.3. The summed E-state index contributed by atoms with van der Waals surface area (Å²) < 4.78 is 42.7. The number of rotatable bonds is 8. The predicted molar refractivity (Wildman–Crippen MR) is 113 cm³/mol. The SMILES string of the molecule is COc1cc(OC)cc(O[C@@H](C)C(=O)Nc2ccc(S(=O)(=O)N3CCCC3)cc2)c1. The van der Waals surface area contributed by atoms with Crippen molar-refractivity contribution in [3.05, 3.63) is 42.5 Å². The topological polar surface area (TPSA) is 94.2 Å². The molecule has 162 valence electrons. The van der Waals surface area contributed by atoms with E-state index in [9.17, 15) is 13.2 Å². The molecule has 0 aliphatic carbocycles. The molecule has 8 nitrogen and oxygen atoms in total. The summed E-state index contributed by atoms with van der Waals surface area (Å²) in [6, 6.07) is 11.2. The monoisotopic (exact) mass is 434 g/mol. The van der Waals surface area contributed by atoms with Gasteiger partial charge in [0.05, 0.1) is 19.1 Å². The lowest BCUT2D eigenvalue weighted by molar-refractivity contribution is -0.122. The van der Waals surface area contributed by atoms with Crippen molar-refractivity contribution < 1.29 is 27.4 Å². The highest BCUT2D eigenvalue weighted by Crippen LogP contribution is 2.28. The molecule has 1 heterocycles. The number of ether oxygens (including phenoxy) is 3. The molecule has 0 spiro atoms. The molecule has 9 heteroatoms. The van der Waals surface area contributed by atoms with Gasteiger partial charge in [-0.1, -0.05) is 0 Å². The molecule has 30 heavy (non-hydrogen) atoms. The lowest BCUT2D eigenvalue weighted by Gasteiger charge is -2.17. The third-order valence-electron chi connectivity index (χ3n) is 4.83. The maximum Gasteiger partial charge on any atom is 0.265 e. The van der Waals surface area contributed by atoms with Crippen molar-refractivity contribution in [1.82, 2.24) is 4.31 Å². The molecule has 0 radical (unpaired) electrons. The Morgan fingerprint density at radius 2 is 1.50 bits per heavy atom. The van der Waals surface area contributed by atoms with Gasteiger partial charge in [0, 0.05) is 37.0 Å². The first-order chi connectivity index (χ1) is 14.3. The van der Waals surface area contributed by atoms with Crippen LogP contribution in [0, 0.1) is 0 Å². The molecule has 1 aliphatic heterocycles. The van der Waals surface area contributed by atoms with E-state index in [1.54, 1.807) is 37.3 Å². The molecule has 2 aromatic rings. The summed E-state index contributed by atoms with van der Waals surface area (Å²) in [4.78, 5) is 12.7. The summed E-state index contributed by atoms with van der Waals surface area (Å²) >= 11 is 0. The van der Waals surface area contributed by atoms with E-state index in [4.69, 9.17) is 14.2 Å². The number of carbonyl (C=O) groups excluding carboxylic acids is 1. The number of methoxy groups -OCH3 is 2. The highest BCUT2D eigenvalue weighted by molar-refractivity contribution is 7.89. The number of sulfonamides is 1. The van der Waals surface area contributed by atoms with E-state index in [2.05, 4.69) is 5.32 Å². The second kappa shape index (κ2) is 9.36. The summed E-state index contributed by atoms with van der Waals surface area (Å²) in [5, 5.41) is 2.73. The second-order valence-electron chi connectivity index (χ2n) is 6.93. The summed E-state index contributed by atoms with van der Waals surface area (Å²) in [5.41, 5.74) is 0.485. The number of carbonyl (C=O) groups is 1. The Morgan fingerprint density at radius 1 is 0.967 bits per heavy atom. The van der Waals surface area contributed by atoms with Gasteiger partial charge >= 0.3 is 0 Å². The lowest BCUT2D eigenvalue weighted by atomic mass is 10.2. The fourth-order valence-electron chi connectivity index (χ4n) is 3.14. The van der Waals surface area contributed by atoms with Crippen LogP contribution in [0.4, 0.5) is 5.69 Å². The number of hydrogen-bond donors (Lipinski definition) is 1. The minimum absolute atomic E-state index is 0.218. The van der Waals surface area contributed by atoms with Crippen LogP contribution in [0.3, 0.4) is 0 Å². The van der Waals surface area contributed by atoms with Gasteiger partial charge in [0.25, 0.3) is 5.91 Å². The maximum atomic E-state index is 12.6. The molecule has 1 N–H and O–H groups in total. The molecule has 3 rings (SSSR count). The molecule has 1 amide bonds. The van der Waals surface area contributed by atoms with E-state index in [1.165, 1.54) is 30.7 Å². The van der Waals surface area contributed by atoms with Crippen molar-refractivity contribution in [1.29, 1.82) is 0 Å². The van der Waals surface area contributed by atoms with Gasteiger partial charge < -0.3 is 19.5 Å². The highest BCUT2D eigenvalue weighted by atomic mass is 32.2. The minimum Gasteiger partial charge on any atom is -0.496 e. The first-order valence-corrected chi connectivity index (χ1v) is 11.1. The number of anilines is 1. The van der Waals surface area contributed by atoms with Crippen LogP contribution in [0.1, 0.15) is 19.8 Å². The first-order valence-electron chi connectivity index (χ1n) is 9.64. The number of benzene rings is 2. The van der Waals surface area contributed by atoms with E-state index >= 15 is 0 Å². The van der Waals surface area contributed by atoms with E-state index in [-0.39, 0.29) is 10.8 Å². The fourth-order valence-corrected chi connectivity index (χ4v) is 4.66. The van der Waals surface area contributed by atoms with E-state index in [0.717, 1.165) is 12.8 Å². The van der Waals surface area contributed by atoms with Gasteiger partial charge in [0.15, 0.2) is 6.10 Å². The summed E-state index contributed by atoms with van der Waals surface area (Å²) in [7, 11) is -0.422. The normalized spacial score (nSPS) is 15.4. The Balaban J connectivity index is 1.64. The summed E-state index contributed by atoms with van der Waals surface area (Å²) in [6.45, 7) is 2.71. The maximum absolute atomic E-state index is 12.6. The van der Waals surface area contributed by atoms with Crippen LogP contribution in [0.15, 0.2) is 47.4 Å². The van der Waals surface area contributed by atoms with Crippen LogP contribution >= 0.6 is 0 Å².